The summed E-state index contributed by atoms with van der Waals surface area (Å²) in [5, 5.41) is 17.0. The lowest BCUT2D eigenvalue weighted by atomic mass is 10.2. The van der Waals surface area contributed by atoms with E-state index in [0.717, 1.165) is 6.42 Å². The Hall–Kier alpha value is -2.08. The van der Waals surface area contributed by atoms with Gasteiger partial charge in [-0.2, -0.15) is 5.10 Å². The molecule has 0 aliphatic heterocycles. The van der Waals surface area contributed by atoms with Crippen LogP contribution in [-0.2, 0) is 0 Å². The van der Waals surface area contributed by atoms with Gasteiger partial charge in [-0.15, -0.1) is 6.58 Å². The summed E-state index contributed by atoms with van der Waals surface area (Å²) >= 11 is 4.97. The minimum absolute atomic E-state index is 0.106. The second-order valence-corrected chi connectivity index (χ2v) is 4.35. The van der Waals surface area contributed by atoms with E-state index in [1.807, 2.05) is 6.92 Å². The maximum atomic E-state index is 9.84. The van der Waals surface area contributed by atoms with Gasteiger partial charge in [-0.1, -0.05) is 13.0 Å². The molecule has 20 heavy (non-hydrogen) atoms. The third-order valence-electron chi connectivity index (χ3n) is 2.25. The Morgan fingerprint density at radius 3 is 3.00 bits per heavy atom. The van der Waals surface area contributed by atoms with Crippen molar-refractivity contribution in [2.45, 2.75) is 13.3 Å². The lowest BCUT2D eigenvalue weighted by Crippen LogP contribution is -2.31. The van der Waals surface area contributed by atoms with E-state index in [2.05, 4.69) is 22.4 Å². The molecule has 0 radical (unpaired) electrons. The van der Waals surface area contributed by atoms with Gasteiger partial charge >= 0.3 is 0 Å². The zero-order chi connectivity index (χ0) is 14.8. The molecule has 0 fully saturated rings. The van der Waals surface area contributed by atoms with Gasteiger partial charge in [-0.25, -0.2) is 0 Å². The predicted octanol–water partition coefficient (Wildman–Crippen LogP) is 2.17. The number of hydrogen-bond acceptors (Lipinski definition) is 4. The Morgan fingerprint density at radius 1 is 1.55 bits per heavy atom. The van der Waals surface area contributed by atoms with E-state index in [1.54, 1.807) is 24.3 Å². The van der Waals surface area contributed by atoms with Gasteiger partial charge in [0.15, 0.2) is 5.11 Å². The van der Waals surface area contributed by atoms with E-state index >= 15 is 0 Å². The van der Waals surface area contributed by atoms with Crippen molar-refractivity contribution in [2.24, 2.45) is 5.10 Å². The van der Waals surface area contributed by atoms with Crippen LogP contribution in [0.3, 0.4) is 0 Å². The highest BCUT2D eigenvalue weighted by Crippen LogP contribution is 2.22. The molecular weight excluding hydrogens is 274 g/mol. The van der Waals surface area contributed by atoms with Crippen LogP contribution in [0.15, 0.2) is 36.0 Å². The van der Waals surface area contributed by atoms with Gasteiger partial charge in [0.1, 0.15) is 11.5 Å². The van der Waals surface area contributed by atoms with Gasteiger partial charge in [0, 0.05) is 18.2 Å². The fourth-order valence-electron chi connectivity index (χ4n) is 1.31. The van der Waals surface area contributed by atoms with Crippen molar-refractivity contribution in [1.82, 2.24) is 10.7 Å². The van der Waals surface area contributed by atoms with Crippen LogP contribution in [0.2, 0.25) is 0 Å². The predicted molar refractivity (Wildman–Crippen MR) is 85.4 cm³/mol. The van der Waals surface area contributed by atoms with Gasteiger partial charge in [0.25, 0.3) is 0 Å². The summed E-state index contributed by atoms with van der Waals surface area (Å²) in [6, 6.07) is 5.07. The van der Waals surface area contributed by atoms with E-state index in [1.165, 1.54) is 6.21 Å². The molecule has 0 saturated heterocycles. The first-order valence-electron chi connectivity index (χ1n) is 6.31. The summed E-state index contributed by atoms with van der Waals surface area (Å²) in [7, 11) is 0. The largest absolute Gasteiger partial charge is 0.507 e. The molecule has 0 unspecified atom stereocenters. The van der Waals surface area contributed by atoms with Gasteiger partial charge in [-0.3, -0.25) is 5.43 Å². The van der Waals surface area contributed by atoms with Crippen molar-refractivity contribution in [1.29, 1.82) is 0 Å². The summed E-state index contributed by atoms with van der Waals surface area (Å²) < 4.78 is 5.42. The average molecular weight is 293 g/mol. The Balaban J connectivity index is 2.55. The van der Waals surface area contributed by atoms with Crippen LogP contribution in [0.5, 0.6) is 11.5 Å². The Morgan fingerprint density at radius 2 is 2.35 bits per heavy atom. The average Bonchev–Trinajstić information content (AvgIpc) is 2.45. The van der Waals surface area contributed by atoms with Gasteiger partial charge in [0.2, 0.25) is 0 Å². The van der Waals surface area contributed by atoms with Gasteiger partial charge in [0.05, 0.1) is 12.8 Å². The van der Waals surface area contributed by atoms with Gasteiger partial charge in [-0.05, 0) is 30.8 Å². The van der Waals surface area contributed by atoms with Crippen molar-refractivity contribution in [3.8, 4) is 11.5 Å². The molecule has 3 N–H and O–H groups in total. The molecule has 0 atom stereocenters. The number of hydrazone groups is 1. The highest BCUT2D eigenvalue weighted by atomic mass is 32.1. The van der Waals surface area contributed by atoms with E-state index in [-0.39, 0.29) is 5.75 Å². The number of nitrogens with zero attached hydrogens (tertiary/aromatic N) is 1. The van der Waals surface area contributed by atoms with E-state index < -0.39 is 0 Å². The first kappa shape index (κ1) is 16.0. The molecule has 0 amide bonds. The summed E-state index contributed by atoms with van der Waals surface area (Å²) in [6.45, 7) is 6.78. The number of rotatable bonds is 7. The van der Waals surface area contributed by atoms with Crippen molar-refractivity contribution < 1.29 is 9.84 Å². The summed E-state index contributed by atoms with van der Waals surface area (Å²) in [5.41, 5.74) is 3.22. The van der Waals surface area contributed by atoms with E-state index in [9.17, 15) is 5.11 Å². The molecule has 5 nitrogen and oxygen atoms in total. The monoisotopic (exact) mass is 293 g/mol. The molecule has 0 heterocycles. The van der Waals surface area contributed by atoms with E-state index in [4.69, 9.17) is 17.0 Å². The van der Waals surface area contributed by atoms with Crippen LogP contribution in [0.4, 0.5) is 0 Å². The zero-order valence-electron chi connectivity index (χ0n) is 11.4. The van der Waals surface area contributed by atoms with Crippen LogP contribution in [0, 0.1) is 0 Å². The molecule has 108 valence electrons. The van der Waals surface area contributed by atoms with Crippen molar-refractivity contribution in [3.05, 3.63) is 36.4 Å². The maximum absolute atomic E-state index is 9.84. The third kappa shape index (κ3) is 5.71. The smallest absolute Gasteiger partial charge is 0.187 e. The number of nitrogens with one attached hydrogen (secondary N) is 2. The van der Waals surface area contributed by atoms with Crippen LogP contribution in [-0.4, -0.2) is 29.6 Å². The molecule has 1 aromatic carbocycles. The molecule has 0 bridgehead atoms. The van der Waals surface area contributed by atoms with Crippen LogP contribution < -0.4 is 15.5 Å². The topological polar surface area (TPSA) is 65.9 Å². The number of benzene rings is 1. The number of phenols is 1. The molecular formula is C14H19N3O2S. The van der Waals surface area contributed by atoms with E-state index in [0.29, 0.717) is 29.6 Å². The molecule has 0 spiro atoms. The van der Waals surface area contributed by atoms with Crippen molar-refractivity contribution >= 4 is 23.5 Å². The Bertz CT molecular complexity index is 489. The molecule has 1 rings (SSSR count). The maximum Gasteiger partial charge on any atom is 0.187 e. The number of aromatic hydroxyl groups is 1. The molecule has 0 aromatic heterocycles. The van der Waals surface area contributed by atoms with Crippen LogP contribution >= 0.6 is 12.2 Å². The first-order valence-corrected chi connectivity index (χ1v) is 6.71. The minimum Gasteiger partial charge on any atom is -0.507 e. The first-order chi connectivity index (χ1) is 9.67. The lowest BCUT2D eigenvalue weighted by molar-refractivity contribution is 0.315. The van der Waals surface area contributed by atoms with Crippen molar-refractivity contribution in [3.63, 3.8) is 0 Å². The number of ether oxygens (including phenoxy) is 1. The number of thiocarbonyl (C=S) groups is 1. The third-order valence-corrected chi connectivity index (χ3v) is 2.49. The normalized spacial score (nSPS) is 10.2. The second kappa shape index (κ2) is 8.92. The highest BCUT2D eigenvalue weighted by Gasteiger charge is 2.01. The molecule has 0 aliphatic carbocycles. The Kier molecular flexibility index (Phi) is 7.13. The number of phenolic OH excluding ortho intramolecular Hbond substituents is 1. The molecule has 1 aromatic rings. The lowest BCUT2D eigenvalue weighted by Gasteiger charge is -2.06. The zero-order valence-corrected chi connectivity index (χ0v) is 12.2. The summed E-state index contributed by atoms with van der Waals surface area (Å²) in [6.07, 6.45) is 4.10. The summed E-state index contributed by atoms with van der Waals surface area (Å²) in [4.78, 5) is 0. The standard InChI is InChI=1S/C14H19N3O2S/c1-3-7-15-14(20)17-16-10-11-5-6-12(9-13(11)18)19-8-4-2/h3,5-6,9-10,18H,1,4,7-8H2,2H3,(H2,15,17,20). The molecule has 6 heteroatoms. The minimum atomic E-state index is 0.106. The second-order valence-electron chi connectivity index (χ2n) is 3.94. The van der Waals surface area contributed by atoms with Gasteiger partial charge < -0.3 is 15.2 Å². The summed E-state index contributed by atoms with van der Waals surface area (Å²) in [5.74, 6) is 0.742. The number of hydrogen-bond donors (Lipinski definition) is 3. The van der Waals surface area contributed by atoms with Crippen LogP contribution in [0.1, 0.15) is 18.9 Å². The molecule has 0 aliphatic rings. The fraction of sp³-hybridized carbons (Fsp3) is 0.286. The quantitative estimate of drug-likeness (QED) is 0.311. The van der Waals surface area contributed by atoms with Crippen LogP contribution in [0.25, 0.3) is 0 Å². The molecule has 0 saturated carbocycles. The van der Waals surface area contributed by atoms with Crippen molar-refractivity contribution in [2.75, 3.05) is 13.2 Å². The highest BCUT2D eigenvalue weighted by molar-refractivity contribution is 7.80. The Labute approximate surface area is 124 Å². The fourth-order valence-corrected chi connectivity index (χ4v) is 1.44. The SMILES string of the molecule is C=CCNC(=S)NN=Cc1ccc(OCCC)cc1O.